The second-order valence-corrected chi connectivity index (χ2v) is 8.78. The highest BCUT2D eigenvalue weighted by Gasteiger charge is 2.03. The van der Waals surface area contributed by atoms with Gasteiger partial charge >= 0.3 is 0 Å². The summed E-state index contributed by atoms with van der Waals surface area (Å²) in [4.78, 5) is 14.4. The quantitative estimate of drug-likeness (QED) is 0.0830. The number of para-hydroxylation sites is 1. The molecule has 0 amide bonds. The normalized spacial score (nSPS) is 11.0. The molecular weight excluding hydrogens is 452 g/mol. The summed E-state index contributed by atoms with van der Waals surface area (Å²) in [6.45, 7) is 1.49. The Labute approximate surface area is 214 Å². The van der Waals surface area contributed by atoms with Crippen LogP contribution in [0, 0.1) is 10.1 Å². The van der Waals surface area contributed by atoms with Crippen LogP contribution >= 0.6 is 0 Å². The summed E-state index contributed by atoms with van der Waals surface area (Å²) in [5, 5.41) is 10.8. The molecule has 0 saturated heterocycles. The molecule has 2 aromatic carbocycles. The molecule has 1 heterocycles. The number of hydrogen-bond acceptors (Lipinski definition) is 5. The number of nitro benzene ring substituents is 1. The zero-order chi connectivity index (χ0) is 25.3. The lowest BCUT2D eigenvalue weighted by atomic mass is 10.1. The number of benzene rings is 2. The Balaban J connectivity index is 1.22. The minimum atomic E-state index is -0.389. The van der Waals surface area contributed by atoms with Crippen LogP contribution in [0.2, 0.25) is 0 Å². The lowest BCUT2D eigenvalue weighted by Crippen LogP contribution is -1.98. The molecule has 0 unspecified atom stereocenters. The van der Waals surface area contributed by atoms with Gasteiger partial charge in [0.15, 0.2) is 0 Å². The number of ether oxygens (including phenoxy) is 2. The lowest BCUT2D eigenvalue weighted by molar-refractivity contribution is -0.384. The van der Waals surface area contributed by atoms with E-state index in [1.54, 1.807) is 24.5 Å². The number of pyridine rings is 1. The summed E-state index contributed by atoms with van der Waals surface area (Å²) in [7, 11) is 0. The van der Waals surface area contributed by atoms with Crippen LogP contribution in [0.25, 0.3) is 12.2 Å². The molecule has 0 spiro atoms. The van der Waals surface area contributed by atoms with Crippen molar-refractivity contribution in [3.8, 4) is 11.5 Å². The standard InChI is InChI=1S/C30H36N2O4/c33-32(34)28-18-15-26(16-19-28)14-17-27-12-8-9-13-30(27)36-25-11-7-5-3-1-2-4-6-10-24-35-29-20-22-31-23-21-29/h8-9,12-23H,1-7,10-11,24-25H2. The third kappa shape index (κ3) is 10.3. The van der Waals surface area contributed by atoms with Crippen molar-refractivity contribution in [3.63, 3.8) is 0 Å². The van der Waals surface area contributed by atoms with Gasteiger partial charge in [-0.3, -0.25) is 15.1 Å². The number of nitro groups is 1. The third-order valence-electron chi connectivity index (χ3n) is 5.94. The Morgan fingerprint density at radius 1 is 0.694 bits per heavy atom. The maximum absolute atomic E-state index is 10.8. The van der Waals surface area contributed by atoms with E-state index < -0.39 is 0 Å². The summed E-state index contributed by atoms with van der Waals surface area (Å²) in [6.07, 6.45) is 18.4. The van der Waals surface area contributed by atoms with Crippen LogP contribution in [-0.4, -0.2) is 23.1 Å². The van der Waals surface area contributed by atoms with Gasteiger partial charge in [-0.1, -0.05) is 75.3 Å². The molecule has 1 aromatic heterocycles. The molecule has 0 aliphatic carbocycles. The minimum Gasteiger partial charge on any atom is -0.493 e. The molecule has 0 atom stereocenters. The zero-order valence-corrected chi connectivity index (χ0v) is 20.9. The van der Waals surface area contributed by atoms with E-state index in [0.29, 0.717) is 6.61 Å². The van der Waals surface area contributed by atoms with Crippen LogP contribution in [0.3, 0.4) is 0 Å². The van der Waals surface area contributed by atoms with Gasteiger partial charge in [0.1, 0.15) is 11.5 Å². The number of nitrogens with zero attached hydrogens (tertiary/aromatic N) is 2. The largest absolute Gasteiger partial charge is 0.493 e. The fourth-order valence-electron chi connectivity index (χ4n) is 3.89. The fourth-order valence-corrected chi connectivity index (χ4v) is 3.89. The number of aromatic nitrogens is 1. The highest BCUT2D eigenvalue weighted by atomic mass is 16.6. The van der Waals surface area contributed by atoms with Crippen molar-refractivity contribution < 1.29 is 14.4 Å². The number of non-ortho nitro benzene ring substituents is 1. The van der Waals surface area contributed by atoms with Crippen molar-refractivity contribution in [2.75, 3.05) is 13.2 Å². The monoisotopic (exact) mass is 488 g/mol. The molecule has 0 bridgehead atoms. The molecule has 0 fully saturated rings. The molecule has 6 nitrogen and oxygen atoms in total. The first-order valence-electron chi connectivity index (χ1n) is 12.9. The Bertz CT molecular complexity index is 1050. The van der Waals surface area contributed by atoms with Gasteiger partial charge in [-0.15, -0.1) is 0 Å². The van der Waals surface area contributed by atoms with Gasteiger partial charge in [-0.2, -0.15) is 0 Å². The van der Waals surface area contributed by atoms with Crippen LogP contribution in [0.4, 0.5) is 5.69 Å². The maximum Gasteiger partial charge on any atom is 0.269 e. The van der Waals surface area contributed by atoms with E-state index in [1.807, 2.05) is 48.6 Å². The molecule has 3 rings (SSSR count). The molecule has 0 N–H and O–H groups in total. The van der Waals surface area contributed by atoms with Gasteiger partial charge in [-0.25, -0.2) is 0 Å². The fraction of sp³-hybridized carbons (Fsp3) is 0.367. The first kappa shape index (κ1) is 26.9. The number of unbranched alkanes of at least 4 members (excludes halogenated alkanes) is 8. The van der Waals surface area contributed by atoms with Gasteiger partial charge in [0, 0.05) is 30.1 Å². The van der Waals surface area contributed by atoms with E-state index in [4.69, 9.17) is 9.47 Å². The predicted molar refractivity (Wildman–Crippen MR) is 145 cm³/mol. The molecule has 190 valence electrons. The Morgan fingerprint density at radius 2 is 1.28 bits per heavy atom. The zero-order valence-electron chi connectivity index (χ0n) is 20.9. The SMILES string of the molecule is O=[N+]([O-])c1ccc(C=Cc2ccccc2OCCCCCCCCCCCOc2ccncc2)cc1. The minimum absolute atomic E-state index is 0.0961. The van der Waals surface area contributed by atoms with Crippen LogP contribution in [-0.2, 0) is 0 Å². The van der Waals surface area contributed by atoms with Gasteiger partial charge in [-0.05, 0) is 48.7 Å². The molecule has 0 saturated carbocycles. The maximum atomic E-state index is 10.8. The second kappa shape index (κ2) is 16.1. The smallest absolute Gasteiger partial charge is 0.269 e. The number of hydrogen-bond donors (Lipinski definition) is 0. The summed E-state index contributed by atoms with van der Waals surface area (Å²) in [5.41, 5.74) is 2.01. The average Bonchev–Trinajstić information content (AvgIpc) is 2.91. The molecule has 0 aliphatic heterocycles. The summed E-state index contributed by atoms with van der Waals surface area (Å²) < 4.78 is 11.7. The van der Waals surface area contributed by atoms with Gasteiger partial charge in [0.05, 0.1) is 18.1 Å². The lowest BCUT2D eigenvalue weighted by Gasteiger charge is -2.09. The Hall–Kier alpha value is -3.67. The summed E-state index contributed by atoms with van der Waals surface area (Å²) in [5.74, 6) is 1.76. The van der Waals surface area contributed by atoms with E-state index in [0.717, 1.165) is 42.1 Å². The molecule has 0 aliphatic rings. The first-order valence-corrected chi connectivity index (χ1v) is 12.9. The van der Waals surface area contributed by atoms with Crippen LogP contribution in [0.1, 0.15) is 68.9 Å². The van der Waals surface area contributed by atoms with Crippen molar-refractivity contribution >= 4 is 17.8 Å². The van der Waals surface area contributed by atoms with Crippen molar-refractivity contribution in [1.29, 1.82) is 0 Å². The van der Waals surface area contributed by atoms with E-state index in [2.05, 4.69) is 4.98 Å². The molecule has 36 heavy (non-hydrogen) atoms. The predicted octanol–water partition coefficient (Wildman–Crippen LogP) is 8.13. The van der Waals surface area contributed by atoms with E-state index in [9.17, 15) is 10.1 Å². The van der Waals surface area contributed by atoms with E-state index >= 15 is 0 Å². The summed E-state index contributed by atoms with van der Waals surface area (Å²) in [6, 6.07) is 18.3. The van der Waals surface area contributed by atoms with Crippen LogP contribution in [0.15, 0.2) is 73.1 Å². The van der Waals surface area contributed by atoms with Gasteiger partial charge < -0.3 is 9.47 Å². The highest BCUT2D eigenvalue weighted by Crippen LogP contribution is 2.22. The van der Waals surface area contributed by atoms with Crippen molar-refractivity contribution in [3.05, 3.63) is 94.3 Å². The Morgan fingerprint density at radius 3 is 1.92 bits per heavy atom. The van der Waals surface area contributed by atoms with E-state index in [1.165, 1.54) is 57.1 Å². The number of rotatable bonds is 17. The molecule has 0 radical (unpaired) electrons. The second-order valence-electron chi connectivity index (χ2n) is 8.78. The van der Waals surface area contributed by atoms with Crippen molar-refractivity contribution in [2.45, 2.75) is 57.8 Å². The third-order valence-corrected chi connectivity index (χ3v) is 5.94. The van der Waals surface area contributed by atoms with Crippen LogP contribution in [0.5, 0.6) is 11.5 Å². The van der Waals surface area contributed by atoms with Gasteiger partial charge in [0.25, 0.3) is 5.69 Å². The summed E-state index contributed by atoms with van der Waals surface area (Å²) >= 11 is 0. The molecule has 3 aromatic rings. The molecule has 6 heteroatoms. The highest BCUT2D eigenvalue weighted by molar-refractivity contribution is 5.72. The average molecular weight is 489 g/mol. The Kier molecular flexibility index (Phi) is 12.0. The molecular formula is C30H36N2O4. The van der Waals surface area contributed by atoms with Crippen LogP contribution < -0.4 is 9.47 Å². The topological polar surface area (TPSA) is 74.5 Å². The van der Waals surface area contributed by atoms with E-state index in [-0.39, 0.29) is 10.6 Å². The van der Waals surface area contributed by atoms with Crippen molar-refractivity contribution in [2.24, 2.45) is 0 Å². The van der Waals surface area contributed by atoms with Crippen molar-refractivity contribution in [1.82, 2.24) is 4.98 Å². The first-order chi connectivity index (χ1) is 17.7. The van der Waals surface area contributed by atoms with Gasteiger partial charge in [0.2, 0.25) is 0 Å².